The molecule has 0 amide bonds. The molecule has 13 aromatic rings. The van der Waals surface area contributed by atoms with Crippen molar-refractivity contribution in [3.63, 3.8) is 0 Å². The van der Waals surface area contributed by atoms with Gasteiger partial charge in [0.05, 0.1) is 27.8 Å². The van der Waals surface area contributed by atoms with Gasteiger partial charge in [-0.05, 0) is 121 Å². The number of fused-ring (bicyclic) bond motifs is 12. The highest BCUT2D eigenvalue weighted by Gasteiger charge is 2.35. The van der Waals surface area contributed by atoms with Gasteiger partial charge in [-0.2, -0.15) is 0 Å². The Hall–Kier alpha value is -8.27. The van der Waals surface area contributed by atoms with Crippen LogP contribution >= 0.6 is 0 Å². The molecule has 0 N–H and O–H groups in total. The molecule has 0 spiro atoms. The standard InChI is InChI=1S/C62H41N3/c1-62(2)53-22-10-5-17-43(53)44-30-27-39(35-54(44)62)59-49-31-28-41(65-57-25-13-8-20-47(57)48-21-9-14-26-58(48)65)37-52(49)60(61-42-16-4-3-15-38(42)33-34-63-61)50-32-29-40(36-51(50)59)64-55-23-11-6-18-45(55)46-19-7-12-24-56(46)64/h3-37H,1-2H3. The van der Waals surface area contributed by atoms with E-state index in [9.17, 15) is 0 Å². The topological polar surface area (TPSA) is 22.8 Å². The number of aromatic nitrogens is 3. The summed E-state index contributed by atoms with van der Waals surface area (Å²) in [5.41, 5.74) is 16.8. The van der Waals surface area contributed by atoms with E-state index in [1.165, 1.54) is 104 Å². The molecule has 0 atom stereocenters. The third-order valence-corrected chi connectivity index (χ3v) is 14.5. The molecular weight excluding hydrogens is 787 g/mol. The van der Waals surface area contributed by atoms with Crippen molar-refractivity contribution in [2.24, 2.45) is 0 Å². The fraction of sp³-hybridized carbons (Fsp3) is 0.0484. The van der Waals surface area contributed by atoms with Crippen LogP contribution in [0.5, 0.6) is 0 Å². The van der Waals surface area contributed by atoms with Crippen molar-refractivity contribution < 1.29 is 0 Å². The van der Waals surface area contributed by atoms with Crippen molar-refractivity contribution in [3.8, 4) is 44.9 Å². The fourth-order valence-electron chi connectivity index (χ4n) is 11.6. The van der Waals surface area contributed by atoms with E-state index < -0.39 is 0 Å². The second-order valence-corrected chi connectivity index (χ2v) is 18.3. The molecular formula is C62H41N3. The predicted molar refractivity (Wildman–Crippen MR) is 274 cm³/mol. The molecule has 65 heavy (non-hydrogen) atoms. The number of nitrogens with zero attached hydrogens (tertiary/aromatic N) is 3. The summed E-state index contributed by atoms with van der Waals surface area (Å²) in [6.07, 6.45) is 1.98. The zero-order chi connectivity index (χ0) is 43.0. The Morgan fingerprint density at radius 2 is 0.831 bits per heavy atom. The summed E-state index contributed by atoms with van der Waals surface area (Å²) < 4.78 is 4.89. The first-order chi connectivity index (χ1) is 32.0. The average molecular weight is 828 g/mol. The molecule has 3 heteroatoms. The van der Waals surface area contributed by atoms with Crippen LogP contribution in [0.25, 0.3) is 121 Å². The lowest BCUT2D eigenvalue weighted by atomic mass is 9.80. The van der Waals surface area contributed by atoms with Crippen LogP contribution in [0.4, 0.5) is 0 Å². The molecule has 3 heterocycles. The first-order valence-electron chi connectivity index (χ1n) is 22.6. The molecule has 0 unspecified atom stereocenters. The maximum Gasteiger partial charge on any atom is 0.0792 e. The molecule has 0 saturated carbocycles. The second kappa shape index (κ2) is 13.4. The van der Waals surface area contributed by atoms with Gasteiger partial charge in [0.1, 0.15) is 0 Å². The Kier molecular flexibility index (Phi) is 7.45. The first kappa shape index (κ1) is 36.2. The minimum Gasteiger partial charge on any atom is -0.309 e. The van der Waals surface area contributed by atoms with E-state index in [1.807, 2.05) is 6.20 Å². The van der Waals surface area contributed by atoms with Crippen molar-refractivity contribution in [2.45, 2.75) is 19.3 Å². The van der Waals surface area contributed by atoms with Gasteiger partial charge in [-0.15, -0.1) is 0 Å². The Morgan fingerprint density at radius 3 is 1.43 bits per heavy atom. The Balaban J connectivity index is 1.15. The van der Waals surface area contributed by atoms with Crippen LogP contribution in [-0.2, 0) is 5.41 Å². The lowest BCUT2D eigenvalue weighted by Crippen LogP contribution is -2.14. The number of benzene rings is 10. The molecule has 3 nitrogen and oxygen atoms in total. The summed E-state index contributed by atoms with van der Waals surface area (Å²) in [5, 5.41) is 12.0. The molecule has 304 valence electrons. The molecule has 0 aliphatic heterocycles. The van der Waals surface area contributed by atoms with Crippen molar-refractivity contribution in [1.82, 2.24) is 14.1 Å². The first-order valence-corrected chi connectivity index (χ1v) is 22.6. The van der Waals surface area contributed by atoms with Crippen LogP contribution < -0.4 is 0 Å². The maximum absolute atomic E-state index is 5.30. The molecule has 1 aliphatic rings. The lowest BCUT2D eigenvalue weighted by Gasteiger charge is -2.23. The number of pyridine rings is 1. The molecule has 0 bridgehead atoms. The van der Waals surface area contributed by atoms with E-state index in [0.29, 0.717) is 0 Å². The van der Waals surface area contributed by atoms with Crippen LogP contribution in [0.15, 0.2) is 212 Å². The molecule has 1 aliphatic carbocycles. The van der Waals surface area contributed by atoms with E-state index in [0.717, 1.165) is 28.0 Å². The van der Waals surface area contributed by atoms with Crippen LogP contribution in [0.2, 0.25) is 0 Å². The predicted octanol–water partition coefficient (Wildman–Crippen LogP) is 16.4. The van der Waals surface area contributed by atoms with Gasteiger partial charge in [0.15, 0.2) is 0 Å². The third kappa shape index (κ3) is 5.04. The second-order valence-electron chi connectivity index (χ2n) is 18.3. The van der Waals surface area contributed by atoms with E-state index in [4.69, 9.17) is 4.98 Å². The monoisotopic (exact) mass is 827 g/mol. The van der Waals surface area contributed by atoms with Crippen LogP contribution in [0.1, 0.15) is 25.0 Å². The van der Waals surface area contributed by atoms with Crippen molar-refractivity contribution in [2.75, 3.05) is 0 Å². The van der Waals surface area contributed by atoms with Crippen LogP contribution in [0.3, 0.4) is 0 Å². The van der Waals surface area contributed by atoms with E-state index in [2.05, 4.69) is 229 Å². The maximum atomic E-state index is 5.30. The summed E-state index contributed by atoms with van der Waals surface area (Å²) in [5.74, 6) is 0. The smallest absolute Gasteiger partial charge is 0.0792 e. The lowest BCUT2D eigenvalue weighted by molar-refractivity contribution is 0.660. The summed E-state index contributed by atoms with van der Waals surface area (Å²) in [7, 11) is 0. The minimum absolute atomic E-state index is 0.155. The molecule has 0 saturated heterocycles. The van der Waals surface area contributed by atoms with E-state index in [1.54, 1.807) is 0 Å². The van der Waals surface area contributed by atoms with Crippen molar-refractivity contribution >= 4 is 75.9 Å². The highest BCUT2D eigenvalue weighted by molar-refractivity contribution is 6.24. The van der Waals surface area contributed by atoms with Crippen molar-refractivity contribution in [3.05, 3.63) is 224 Å². The summed E-state index contributed by atoms with van der Waals surface area (Å²) in [6, 6.07) is 76.5. The van der Waals surface area contributed by atoms with Gasteiger partial charge >= 0.3 is 0 Å². The largest absolute Gasteiger partial charge is 0.309 e. The highest BCUT2D eigenvalue weighted by Crippen LogP contribution is 2.52. The van der Waals surface area contributed by atoms with Gasteiger partial charge in [0.2, 0.25) is 0 Å². The fourth-order valence-corrected chi connectivity index (χ4v) is 11.6. The molecule has 14 rings (SSSR count). The summed E-state index contributed by atoms with van der Waals surface area (Å²) in [6.45, 7) is 4.76. The zero-order valence-electron chi connectivity index (χ0n) is 36.0. The molecule has 0 fully saturated rings. The Labute approximate surface area is 376 Å². The molecule has 10 aromatic carbocycles. The normalized spacial score (nSPS) is 13.2. The summed E-state index contributed by atoms with van der Waals surface area (Å²) >= 11 is 0. The number of hydrogen-bond donors (Lipinski definition) is 0. The quantitative estimate of drug-likeness (QED) is 0.162. The van der Waals surface area contributed by atoms with Gasteiger partial charge in [-0.25, -0.2) is 0 Å². The van der Waals surface area contributed by atoms with Gasteiger partial charge in [-0.1, -0.05) is 159 Å². The minimum atomic E-state index is -0.155. The van der Waals surface area contributed by atoms with Crippen molar-refractivity contribution in [1.29, 1.82) is 0 Å². The van der Waals surface area contributed by atoms with Crippen LogP contribution in [-0.4, -0.2) is 14.1 Å². The average Bonchev–Trinajstić information content (AvgIpc) is 3.96. The third-order valence-electron chi connectivity index (χ3n) is 14.5. The van der Waals surface area contributed by atoms with E-state index in [-0.39, 0.29) is 5.41 Å². The number of rotatable bonds is 4. The molecule has 3 aromatic heterocycles. The Bertz CT molecular complexity index is 4050. The van der Waals surface area contributed by atoms with Gasteiger partial charge in [-0.3, -0.25) is 4.98 Å². The van der Waals surface area contributed by atoms with Gasteiger partial charge in [0, 0.05) is 55.5 Å². The Morgan fingerprint density at radius 1 is 0.354 bits per heavy atom. The van der Waals surface area contributed by atoms with E-state index >= 15 is 0 Å². The zero-order valence-corrected chi connectivity index (χ0v) is 36.0. The SMILES string of the molecule is CC1(C)c2ccccc2-c2ccc(-c3c4cc(-n5c6ccccc6c6ccccc65)ccc4c(-c4nccc5ccccc45)c4cc(-n5c6ccccc6c6ccccc65)ccc34)cc21. The highest BCUT2D eigenvalue weighted by atomic mass is 15.0. The number of para-hydroxylation sites is 4. The van der Waals surface area contributed by atoms with Gasteiger partial charge < -0.3 is 9.13 Å². The summed E-state index contributed by atoms with van der Waals surface area (Å²) in [4.78, 5) is 5.30. The molecule has 0 radical (unpaired) electrons. The van der Waals surface area contributed by atoms with Gasteiger partial charge in [0.25, 0.3) is 0 Å². The van der Waals surface area contributed by atoms with Crippen LogP contribution in [0, 0.1) is 0 Å². The number of hydrogen-bond acceptors (Lipinski definition) is 1.